The quantitative estimate of drug-likeness (QED) is 0.623. The fourth-order valence-corrected chi connectivity index (χ4v) is 2.67. The van der Waals surface area contributed by atoms with E-state index in [-0.39, 0.29) is 23.9 Å². The molecule has 1 aromatic rings. The number of carbonyl (C=O) groups is 2. The number of nitrogens with one attached hydrogen (secondary N) is 3. The molecular weight excluding hydrogens is 276 g/mol. The third-order valence-corrected chi connectivity index (χ3v) is 3.85. The van der Waals surface area contributed by atoms with E-state index in [0.717, 1.165) is 19.3 Å². The van der Waals surface area contributed by atoms with E-state index < -0.39 is 5.97 Å². The Morgan fingerprint density at radius 2 is 2.19 bits per heavy atom. The first-order valence-corrected chi connectivity index (χ1v) is 7.08. The molecule has 1 heterocycles. The number of rotatable bonds is 5. The molecule has 3 unspecified atom stereocenters. The Morgan fingerprint density at radius 3 is 2.86 bits per heavy atom. The number of urea groups is 1. The summed E-state index contributed by atoms with van der Waals surface area (Å²) in [6.07, 6.45) is 3.46. The van der Waals surface area contributed by atoms with Crippen LogP contribution < -0.4 is 10.6 Å². The smallest absolute Gasteiger partial charge is 0.315 e. The largest absolute Gasteiger partial charge is 0.481 e. The number of carboxylic acid groups (broad SMARTS) is 1. The fourth-order valence-electron chi connectivity index (χ4n) is 2.67. The van der Waals surface area contributed by atoms with Gasteiger partial charge in [0.1, 0.15) is 0 Å². The van der Waals surface area contributed by atoms with Crippen LogP contribution in [0.4, 0.5) is 4.79 Å². The van der Waals surface area contributed by atoms with Crippen molar-refractivity contribution in [3.63, 3.8) is 0 Å². The highest BCUT2D eigenvalue weighted by Gasteiger charge is 2.30. The maximum Gasteiger partial charge on any atom is 0.315 e. The lowest BCUT2D eigenvalue weighted by Crippen LogP contribution is -2.42. The molecule has 0 aromatic carbocycles. The van der Waals surface area contributed by atoms with E-state index in [1.165, 1.54) is 0 Å². The maximum absolute atomic E-state index is 11.8. The maximum atomic E-state index is 11.8. The van der Waals surface area contributed by atoms with Gasteiger partial charge < -0.3 is 15.7 Å². The SMILES string of the molecule is CC(NC(=O)NCC1CCCCC1C(=O)O)c1nn[nH]n1. The molecule has 9 heteroatoms. The Kier molecular flexibility index (Phi) is 5.07. The summed E-state index contributed by atoms with van der Waals surface area (Å²) >= 11 is 0. The zero-order valence-corrected chi connectivity index (χ0v) is 11.9. The Bertz CT molecular complexity index is 477. The highest BCUT2D eigenvalue weighted by molar-refractivity contribution is 5.74. The van der Waals surface area contributed by atoms with Gasteiger partial charge >= 0.3 is 12.0 Å². The van der Waals surface area contributed by atoms with E-state index >= 15 is 0 Å². The first-order chi connectivity index (χ1) is 10.1. The number of amides is 2. The fraction of sp³-hybridized carbons (Fsp3) is 0.750. The van der Waals surface area contributed by atoms with Crippen LogP contribution in [0.15, 0.2) is 0 Å². The Balaban J connectivity index is 1.79. The van der Waals surface area contributed by atoms with Gasteiger partial charge in [-0.05, 0) is 25.7 Å². The second-order valence-corrected chi connectivity index (χ2v) is 5.34. The van der Waals surface area contributed by atoms with Gasteiger partial charge in [-0.2, -0.15) is 5.21 Å². The van der Waals surface area contributed by atoms with Crippen molar-refractivity contribution in [2.24, 2.45) is 11.8 Å². The van der Waals surface area contributed by atoms with Crippen LogP contribution in [0, 0.1) is 11.8 Å². The van der Waals surface area contributed by atoms with Gasteiger partial charge in [0.05, 0.1) is 12.0 Å². The molecule has 1 aromatic heterocycles. The standard InChI is InChI=1S/C12H20N6O3/c1-7(10-15-17-18-16-10)14-12(21)13-6-8-4-2-3-5-9(8)11(19)20/h7-9H,2-6H2,1H3,(H,19,20)(H2,13,14,21)(H,15,16,17,18). The molecule has 1 aliphatic rings. The lowest BCUT2D eigenvalue weighted by atomic mass is 9.79. The predicted molar refractivity (Wildman–Crippen MR) is 72.2 cm³/mol. The lowest BCUT2D eigenvalue weighted by molar-refractivity contribution is -0.144. The van der Waals surface area contributed by atoms with Crippen LogP contribution in [-0.4, -0.2) is 44.3 Å². The summed E-state index contributed by atoms with van der Waals surface area (Å²) in [4.78, 5) is 23.0. The number of carboxylic acids is 1. The summed E-state index contributed by atoms with van der Waals surface area (Å²) < 4.78 is 0. The van der Waals surface area contributed by atoms with E-state index in [1.54, 1.807) is 6.92 Å². The Labute approximate surface area is 121 Å². The van der Waals surface area contributed by atoms with E-state index in [2.05, 4.69) is 31.3 Å². The second kappa shape index (κ2) is 7.00. The Hall–Kier alpha value is -2.19. The molecule has 2 amide bonds. The van der Waals surface area contributed by atoms with Gasteiger partial charge in [-0.1, -0.05) is 18.1 Å². The average Bonchev–Trinajstić information content (AvgIpc) is 2.99. The third-order valence-electron chi connectivity index (χ3n) is 3.85. The van der Waals surface area contributed by atoms with Crippen molar-refractivity contribution in [3.8, 4) is 0 Å². The number of hydrogen-bond acceptors (Lipinski definition) is 5. The molecule has 0 aliphatic heterocycles. The predicted octanol–water partition coefficient (Wildman–Crippen LogP) is 0.451. The number of nitrogens with zero attached hydrogens (tertiary/aromatic N) is 3. The number of aliphatic carboxylic acids is 1. The number of H-pyrrole nitrogens is 1. The number of carbonyl (C=O) groups excluding carboxylic acids is 1. The molecule has 116 valence electrons. The van der Waals surface area contributed by atoms with Crippen molar-refractivity contribution in [1.29, 1.82) is 0 Å². The molecule has 2 rings (SSSR count). The van der Waals surface area contributed by atoms with Gasteiger partial charge in [-0.15, -0.1) is 10.2 Å². The third kappa shape index (κ3) is 4.14. The first kappa shape index (κ1) is 15.2. The topological polar surface area (TPSA) is 133 Å². The van der Waals surface area contributed by atoms with Crippen molar-refractivity contribution in [1.82, 2.24) is 31.3 Å². The van der Waals surface area contributed by atoms with Crippen molar-refractivity contribution in [2.45, 2.75) is 38.6 Å². The van der Waals surface area contributed by atoms with Crippen LogP contribution in [0.2, 0.25) is 0 Å². The number of aromatic amines is 1. The minimum absolute atomic E-state index is 0.0116. The normalized spacial score (nSPS) is 23.3. The minimum Gasteiger partial charge on any atom is -0.481 e. The molecule has 9 nitrogen and oxygen atoms in total. The summed E-state index contributed by atoms with van der Waals surface area (Å²) in [7, 11) is 0. The molecule has 0 bridgehead atoms. The van der Waals surface area contributed by atoms with Gasteiger partial charge in [0.15, 0.2) is 5.82 Å². The summed E-state index contributed by atoms with van der Waals surface area (Å²) in [5.74, 6) is -0.760. The van der Waals surface area contributed by atoms with E-state index in [0.29, 0.717) is 18.8 Å². The van der Waals surface area contributed by atoms with E-state index in [1.807, 2.05) is 0 Å². The summed E-state index contributed by atoms with van der Waals surface area (Å²) in [6, 6.07) is -0.729. The summed E-state index contributed by atoms with van der Waals surface area (Å²) in [6.45, 7) is 2.10. The van der Waals surface area contributed by atoms with Crippen LogP contribution in [0.25, 0.3) is 0 Å². The lowest BCUT2D eigenvalue weighted by Gasteiger charge is -2.28. The average molecular weight is 296 g/mol. The highest BCUT2D eigenvalue weighted by atomic mass is 16.4. The van der Waals surface area contributed by atoms with E-state index in [9.17, 15) is 14.7 Å². The van der Waals surface area contributed by atoms with Crippen molar-refractivity contribution in [3.05, 3.63) is 5.82 Å². The van der Waals surface area contributed by atoms with Gasteiger partial charge in [0.2, 0.25) is 0 Å². The monoisotopic (exact) mass is 296 g/mol. The zero-order valence-electron chi connectivity index (χ0n) is 11.9. The van der Waals surface area contributed by atoms with Crippen LogP contribution in [0.1, 0.15) is 44.5 Å². The number of tetrazole rings is 1. The molecule has 0 saturated heterocycles. The van der Waals surface area contributed by atoms with Crippen molar-refractivity contribution in [2.75, 3.05) is 6.54 Å². The highest BCUT2D eigenvalue weighted by Crippen LogP contribution is 2.29. The van der Waals surface area contributed by atoms with Gasteiger partial charge in [0, 0.05) is 6.54 Å². The van der Waals surface area contributed by atoms with E-state index in [4.69, 9.17) is 0 Å². The van der Waals surface area contributed by atoms with Crippen LogP contribution >= 0.6 is 0 Å². The molecule has 3 atom stereocenters. The molecule has 0 radical (unpaired) electrons. The minimum atomic E-state index is -0.776. The zero-order chi connectivity index (χ0) is 15.2. The van der Waals surface area contributed by atoms with Crippen molar-refractivity contribution >= 4 is 12.0 Å². The molecule has 1 fully saturated rings. The van der Waals surface area contributed by atoms with Gasteiger partial charge in [-0.25, -0.2) is 4.79 Å². The molecule has 1 aliphatic carbocycles. The molecule has 0 spiro atoms. The van der Waals surface area contributed by atoms with Gasteiger partial charge in [0.25, 0.3) is 0 Å². The van der Waals surface area contributed by atoms with Crippen LogP contribution in [-0.2, 0) is 4.79 Å². The number of aromatic nitrogens is 4. The summed E-state index contributed by atoms with van der Waals surface area (Å²) in [5.41, 5.74) is 0. The molecule has 21 heavy (non-hydrogen) atoms. The van der Waals surface area contributed by atoms with Crippen LogP contribution in [0.5, 0.6) is 0 Å². The molecule has 1 saturated carbocycles. The Morgan fingerprint density at radius 1 is 1.43 bits per heavy atom. The summed E-state index contributed by atoms with van der Waals surface area (Å²) in [5, 5.41) is 27.9. The van der Waals surface area contributed by atoms with Crippen LogP contribution in [0.3, 0.4) is 0 Å². The van der Waals surface area contributed by atoms with Crippen molar-refractivity contribution < 1.29 is 14.7 Å². The second-order valence-electron chi connectivity index (χ2n) is 5.34. The number of hydrogen-bond donors (Lipinski definition) is 4. The molecular formula is C12H20N6O3. The molecule has 4 N–H and O–H groups in total. The van der Waals surface area contributed by atoms with Gasteiger partial charge in [-0.3, -0.25) is 4.79 Å². The first-order valence-electron chi connectivity index (χ1n) is 7.08.